The van der Waals surface area contributed by atoms with Crippen LogP contribution < -0.4 is 0 Å². The summed E-state index contributed by atoms with van der Waals surface area (Å²) in [7, 11) is 0. The number of hydrogen-bond acceptors (Lipinski definition) is 0. The summed E-state index contributed by atoms with van der Waals surface area (Å²) in [6.45, 7) is 1.83. The Morgan fingerprint density at radius 2 is 2.00 bits per heavy atom. The molecule has 0 saturated heterocycles. The lowest BCUT2D eigenvalue weighted by Gasteiger charge is -2.18. The highest BCUT2D eigenvalue weighted by Crippen LogP contribution is 2.32. The maximum atomic E-state index is 13.3. The molecule has 0 unspecified atom stereocenters. The van der Waals surface area contributed by atoms with E-state index in [0.29, 0.717) is 0 Å². The molecule has 0 bridgehead atoms. The molecular weight excluding hydrogens is 231 g/mol. The van der Waals surface area contributed by atoms with Gasteiger partial charge < -0.3 is 0 Å². The summed E-state index contributed by atoms with van der Waals surface area (Å²) >= 11 is 3.48. The zero-order valence-corrected chi connectivity index (χ0v) is 9.25. The molecule has 1 aliphatic carbocycles. The van der Waals surface area contributed by atoms with Crippen LogP contribution in [0.4, 0.5) is 4.39 Å². The first-order valence-corrected chi connectivity index (χ1v) is 5.46. The molecule has 13 heavy (non-hydrogen) atoms. The van der Waals surface area contributed by atoms with Gasteiger partial charge in [0.2, 0.25) is 0 Å². The van der Waals surface area contributed by atoms with Gasteiger partial charge in [-0.25, -0.2) is 4.39 Å². The van der Waals surface area contributed by atoms with Crippen molar-refractivity contribution in [2.75, 3.05) is 0 Å². The first-order valence-electron chi connectivity index (χ1n) is 4.66. The molecule has 0 heterocycles. The second-order valence-corrected chi connectivity index (χ2v) is 4.44. The fourth-order valence-electron chi connectivity index (χ4n) is 1.93. The smallest absolute Gasteiger partial charge is 0.127 e. The molecule has 2 rings (SSSR count). The number of benzene rings is 1. The molecule has 0 saturated carbocycles. The quantitative estimate of drug-likeness (QED) is 0.650. The van der Waals surface area contributed by atoms with Crippen LogP contribution in [0.5, 0.6) is 0 Å². The SMILES string of the molecule is Cc1c(F)cc2c(c1Br)CCCC2. The first-order chi connectivity index (χ1) is 6.20. The summed E-state index contributed by atoms with van der Waals surface area (Å²) in [4.78, 5) is 0. The Labute approximate surface area is 86.3 Å². The predicted octanol–water partition coefficient (Wildman–Crippen LogP) is 3.78. The van der Waals surface area contributed by atoms with Crippen molar-refractivity contribution in [1.82, 2.24) is 0 Å². The Kier molecular flexibility index (Phi) is 2.41. The van der Waals surface area contributed by atoms with Crippen LogP contribution in [0.2, 0.25) is 0 Å². The largest absolute Gasteiger partial charge is 0.207 e. The Morgan fingerprint density at radius 3 is 2.77 bits per heavy atom. The van der Waals surface area contributed by atoms with Crippen LogP contribution >= 0.6 is 15.9 Å². The minimum absolute atomic E-state index is 0.0764. The molecule has 0 radical (unpaired) electrons. The van der Waals surface area contributed by atoms with Crippen molar-refractivity contribution in [2.45, 2.75) is 32.6 Å². The first kappa shape index (κ1) is 9.20. The molecule has 0 fully saturated rings. The number of fused-ring (bicyclic) bond motifs is 1. The minimum Gasteiger partial charge on any atom is -0.207 e. The van der Waals surface area contributed by atoms with E-state index >= 15 is 0 Å². The normalized spacial score (nSPS) is 15.6. The van der Waals surface area contributed by atoms with Crippen LogP contribution in [-0.4, -0.2) is 0 Å². The van der Waals surface area contributed by atoms with Gasteiger partial charge in [-0.3, -0.25) is 0 Å². The van der Waals surface area contributed by atoms with Gasteiger partial charge in [0.1, 0.15) is 5.82 Å². The van der Waals surface area contributed by atoms with Gasteiger partial charge in [0.25, 0.3) is 0 Å². The average Bonchev–Trinajstić information content (AvgIpc) is 2.15. The maximum Gasteiger partial charge on any atom is 0.127 e. The van der Waals surface area contributed by atoms with E-state index < -0.39 is 0 Å². The number of aryl methyl sites for hydroxylation is 1. The number of rotatable bonds is 0. The minimum atomic E-state index is -0.0764. The van der Waals surface area contributed by atoms with Gasteiger partial charge in [0.15, 0.2) is 0 Å². The van der Waals surface area contributed by atoms with E-state index in [-0.39, 0.29) is 5.82 Å². The molecule has 0 aliphatic heterocycles. The summed E-state index contributed by atoms with van der Waals surface area (Å²) in [5.74, 6) is -0.0764. The van der Waals surface area contributed by atoms with Crippen molar-refractivity contribution >= 4 is 15.9 Å². The lowest BCUT2D eigenvalue weighted by Crippen LogP contribution is -2.05. The molecule has 0 N–H and O–H groups in total. The van der Waals surface area contributed by atoms with E-state index in [1.807, 2.05) is 6.92 Å². The van der Waals surface area contributed by atoms with Crippen molar-refractivity contribution in [1.29, 1.82) is 0 Å². The third-order valence-corrected chi connectivity index (χ3v) is 3.84. The van der Waals surface area contributed by atoms with Gasteiger partial charge in [0.05, 0.1) is 0 Å². The second kappa shape index (κ2) is 3.41. The molecule has 1 aromatic rings. The van der Waals surface area contributed by atoms with Crippen LogP contribution in [0, 0.1) is 12.7 Å². The summed E-state index contributed by atoms with van der Waals surface area (Å²) < 4.78 is 14.3. The van der Waals surface area contributed by atoms with Crippen molar-refractivity contribution in [3.05, 3.63) is 33.0 Å². The highest BCUT2D eigenvalue weighted by molar-refractivity contribution is 9.10. The molecule has 1 aliphatic rings. The summed E-state index contributed by atoms with van der Waals surface area (Å²) in [5, 5.41) is 0. The molecule has 0 aromatic heterocycles. The van der Waals surface area contributed by atoms with Crippen molar-refractivity contribution in [3.63, 3.8) is 0 Å². The Balaban J connectivity index is 2.60. The Bertz CT molecular complexity index is 344. The monoisotopic (exact) mass is 242 g/mol. The van der Waals surface area contributed by atoms with Crippen LogP contribution in [0.1, 0.15) is 29.5 Å². The van der Waals surface area contributed by atoms with E-state index in [4.69, 9.17) is 0 Å². The Morgan fingerprint density at radius 1 is 1.31 bits per heavy atom. The van der Waals surface area contributed by atoms with Crippen LogP contribution in [0.15, 0.2) is 10.5 Å². The third kappa shape index (κ3) is 1.52. The van der Waals surface area contributed by atoms with E-state index in [2.05, 4.69) is 15.9 Å². The molecule has 0 nitrogen and oxygen atoms in total. The number of hydrogen-bond donors (Lipinski definition) is 0. The molecule has 0 spiro atoms. The Hall–Kier alpha value is -0.370. The van der Waals surface area contributed by atoms with Crippen molar-refractivity contribution < 1.29 is 4.39 Å². The van der Waals surface area contributed by atoms with Gasteiger partial charge in [-0.2, -0.15) is 0 Å². The molecule has 1 aromatic carbocycles. The summed E-state index contributed by atoms with van der Waals surface area (Å²) in [5.41, 5.74) is 3.27. The molecule has 0 amide bonds. The highest BCUT2D eigenvalue weighted by atomic mass is 79.9. The van der Waals surface area contributed by atoms with Gasteiger partial charge >= 0.3 is 0 Å². The van der Waals surface area contributed by atoms with E-state index in [0.717, 1.165) is 22.9 Å². The van der Waals surface area contributed by atoms with Gasteiger partial charge in [-0.15, -0.1) is 0 Å². The second-order valence-electron chi connectivity index (χ2n) is 3.64. The lowest BCUT2D eigenvalue weighted by atomic mass is 9.90. The zero-order valence-electron chi connectivity index (χ0n) is 7.66. The number of halogens is 2. The van der Waals surface area contributed by atoms with Gasteiger partial charge in [-0.05, 0) is 55.4 Å². The zero-order chi connectivity index (χ0) is 9.42. The lowest BCUT2D eigenvalue weighted by molar-refractivity contribution is 0.603. The molecule has 2 heteroatoms. The molecule has 0 atom stereocenters. The fourth-order valence-corrected chi connectivity index (χ4v) is 2.57. The summed E-state index contributed by atoms with van der Waals surface area (Å²) in [6, 6.07) is 1.70. The van der Waals surface area contributed by atoms with Crippen molar-refractivity contribution in [2.24, 2.45) is 0 Å². The van der Waals surface area contributed by atoms with Crippen molar-refractivity contribution in [3.8, 4) is 0 Å². The van der Waals surface area contributed by atoms with Crippen LogP contribution in [-0.2, 0) is 12.8 Å². The maximum absolute atomic E-state index is 13.3. The topological polar surface area (TPSA) is 0 Å². The van der Waals surface area contributed by atoms with Crippen LogP contribution in [0.3, 0.4) is 0 Å². The van der Waals surface area contributed by atoms with E-state index in [9.17, 15) is 4.39 Å². The standard InChI is InChI=1S/C11H12BrF/c1-7-10(13)6-8-4-2-3-5-9(8)11(7)12/h6H,2-5H2,1H3. The van der Waals surface area contributed by atoms with Gasteiger partial charge in [0, 0.05) is 4.47 Å². The third-order valence-electron chi connectivity index (χ3n) is 2.76. The molecule has 70 valence electrons. The van der Waals surface area contributed by atoms with E-state index in [1.54, 1.807) is 6.07 Å². The van der Waals surface area contributed by atoms with Gasteiger partial charge in [-0.1, -0.05) is 15.9 Å². The summed E-state index contributed by atoms with van der Waals surface area (Å²) in [6.07, 6.45) is 4.56. The fraction of sp³-hybridized carbons (Fsp3) is 0.455. The molecular formula is C11H12BrF. The van der Waals surface area contributed by atoms with E-state index in [1.165, 1.54) is 24.0 Å². The highest BCUT2D eigenvalue weighted by Gasteiger charge is 2.16. The van der Waals surface area contributed by atoms with Crippen LogP contribution in [0.25, 0.3) is 0 Å². The predicted molar refractivity (Wildman–Crippen MR) is 55.5 cm³/mol. The average molecular weight is 243 g/mol.